The van der Waals surface area contributed by atoms with E-state index in [1.807, 2.05) is 20.8 Å². The summed E-state index contributed by atoms with van der Waals surface area (Å²) in [5.74, 6) is 0.181. The van der Waals surface area contributed by atoms with Crippen LogP contribution in [-0.2, 0) is 14.2 Å². The van der Waals surface area contributed by atoms with Gasteiger partial charge in [0.25, 0.3) is 0 Å². The smallest absolute Gasteiger partial charge is 0.163 e. The molecule has 1 saturated heterocycles. The molecule has 0 aromatic rings. The van der Waals surface area contributed by atoms with Crippen LogP contribution in [0.15, 0.2) is 11.8 Å². The molecule has 0 radical (unpaired) electrons. The predicted octanol–water partition coefficient (Wildman–Crippen LogP) is 0.801. The third-order valence-electron chi connectivity index (χ3n) is 2.46. The van der Waals surface area contributed by atoms with E-state index in [1.165, 1.54) is 0 Å². The Morgan fingerprint density at radius 1 is 1.50 bits per heavy atom. The number of rotatable bonds is 1. The maximum atomic E-state index is 9.65. The minimum absolute atomic E-state index is 0.186. The molecule has 0 bridgehead atoms. The Morgan fingerprint density at radius 2 is 2.21 bits per heavy atom. The average Bonchev–Trinajstić information content (AvgIpc) is 2.55. The summed E-state index contributed by atoms with van der Waals surface area (Å²) < 4.78 is 16.5. The Labute approximate surface area is 83.5 Å². The van der Waals surface area contributed by atoms with Crippen LogP contribution in [0.1, 0.15) is 20.8 Å². The molecular weight excluding hydrogens is 184 g/mol. The van der Waals surface area contributed by atoms with Gasteiger partial charge in [0.05, 0.1) is 12.4 Å². The van der Waals surface area contributed by atoms with Crippen LogP contribution in [0.4, 0.5) is 0 Å². The van der Waals surface area contributed by atoms with Crippen LogP contribution in [0.25, 0.3) is 0 Å². The van der Waals surface area contributed by atoms with Crippen molar-refractivity contribution in [1.29, 1.82) is 0 Å². The van der Waals surface area contributed by atoms with Crippen molar-refractivity contribution in [3.05, 3.63) is 11.8 Å². The predicted molar refractivity (Wildman–Crippen MR) is 49.5 cm³/mol. The lowest BCUT2D eigenvalue weighted by Gasteiger charge is -2.22. The first kappa shape index (κ1) is 9.96. The first-order valence-corrected chi connectivity index (χ1v) is 4.83. The molecule has 80 valence electrons. The highest BCUT2D eigenvalue weighted by atomic mass is 16.7. The van der Waals surface area contributed by atoms with E-state index in [0.29, 0.717) is 6.61 Å². The van der Waals surface area contributed by atoms with Crippen molar-refractivity contribution < 1.29 is 19.3 Å². The highest BCUT2D eigenvalue weighted by Crippen LogP contribution is 2.30. The molecule has 0 aromatic heterocycles. The number of hydrogen-bond donors (Lipinski definition) is 1. The molecule has 2 aliphatic heterocycles. The molecule has 0 unspecified atom stereocenters. The molecule has 3 atom stereocenters. The zero-order chi connectivity index (χ0) is 10.3. The van der Waals surface area contributed by atoms with Crippen molar-refractivity contribution in [3.8, 4) is 0 Å². The van der Waals surface area contributed by atoms with Gasteiger partial charge in [0.15, 0.2) is 11.9 Å². The Kier molecular flexibility index (Phi) is 2.29. The Morgan fingerprint density at radius 3 is 2.64 bits per heavy atom. The molecule has 0 aromatic carbocycles. The lowest BCUT2D eigenvalue weighted by atomic mass is 10.1. The van der Waals surface area contributed by atoms with Gasteiger partial charge in [-0.1, -0.05) is 0 Å². The van der Waals surface area contributed by atoms with E-state index in [0.717, 1.165) is 5.76 Å². The van der Waals surface area contributed by atoms with E-state index in [1.54, 1.807) is 6.08 Å². The van der Waals surface area contributed by atoms with Crippen molar-refractivity contribution in [1.82, 2.24) is 0 Å². The Balaban J connectivity index is 1.99. The van der Waals surface area contributed by atoms with E-state index in [2.05, 4.69) is 0 Å². The van der Waals surface area contributed by atoms with Gasteiger partial charge < -0.3 is 19.3 Å². The standard InChI is InChI=1S/C10H16O4/c1-6-4-7(11)9(13-6)8-5-12-10(2,3)14-8/h4,7-9,11H,5H2,1-3H3/t7-,8-,9+/m1/s1. The van der Waals surface area contributed by atoms with Crippen molar-refractivity contribution in [2.24, 2.45) is 0 Å². The second-order valence-corrected chi connectivity index (χ2v) is 4.22. The van der Waals surface area contributed by atoms with Crippen LogP contribution in [0.5, 0.6) is 0 Å². The molecule has 1 N–H and O–H groups in total. The highest BCUT2D eigenvalue weighted by Gasteiger charge is 2.42. The molecule has 0 spiro atoms. The summed E-state index contributed by atoms with van der Waals surface area (Å²) in [6.45, 7) is 6.00. The monoisotopic (exact) mass is 200 g/mol. The topological polar surface area (TPSA) is 47.9 Å². The molecule has 14 heavy (non-hydrogen) atoms. The van der Waals surface area contributed by atoms with Gasteiger partial charge in [-0.3, -0.25) is 0 Å². The van der Waals surface area contributed by atoms with Gasteiger partial charge in [-0.2, -0.15) is 0 Å². The minimum atomic E-state index is -0.586. The van der Waals surface area contributed by atoms with E-state index in [4.69, 9.17) is 14.2 Å². The molecule has 2 rings (SSSR count). The molecule has 0 aliphatic carbocycles. The van der Waals surface area contributed by atoms with E-state index in [9.17, 15) is 5.11 Å². The summed E-state index contributed by atoms with van der Waals surface area (Å²) in [6, 6.07) is 0. The van der Waals surface area contributed by atoms with Gasteiger partial charge in [-0.05, 0) is 26.8 Å². The summed E-state index contributed by atoms with van der Waals surface area (Å²) in [7, 11) is 0. The number of allylic oxidation sites excluding steroid dienone is 1. The molecule has 2 aliphatic rings. The SMILES string of the molecule is CC1=C[C@@H](O)[C@@H]([C@H]2COC(C)(C)O2)O1. The van der Waals surface area contributed by atoms with Gasteiger partial charge >= 0.3 is 0 Å². The first-order chi connectivity index (χ1) is 6.48. The fraction of sp³-hybridized carbons (Fsp3) is 0.800. The van der Waals surface area contributed by atoms with Gasteiger partial charge in [-0.15, -0.1) is 0 Å². The van der Waals surface area contributed by atoms with Gasteiger partial charge in [0.2, 0.25) is 0 Å². The van der Waals surface area contributed by atoms with Crippen LogP contribution in [0.2, 0.25) is 0 Å². The van der Waals surface area contributed by atoms with Crippen molar-refractivity contribution in [3.63, 3.8) is 0 Å². The summed E-state index contributed by atoms with van der Waals surface area (Å²) in [5.41, 5.74) is 0. The summed E-state index contributed by atoms with van der Waals surface area (Å²) in [6.07, 6.45) is 0.599. The average molecular weight is 200 g/mol. The summed E-state index contributed by atoms with van der Waals surface area (Å²) in [5, 5.41) is 9.65. The highest BCUT2D eigenvalue weighted by molar-refractivity contribution is 5.07. The molecule has 0 amide bonds. The van der Waals surface area contributed by atoms with Crippen molar-refractivity contribution in [2.75, 3.05) is 6.61 Å². The maximum absolute atomic E-state index is 9.65. The zero-order valence-corrected chi connectivity index (χ0v) is 8.69. The molecule has 1 fully saturated rings. The third-order valence-corrected chi connectivity index (χ3v) is 2.46. The molecule has 4 nitrogen and oxygen atoms in total. The van der Waals surface area contributed by atoms with E-state index < -0.39 is 11.9 Å². The first-order valence-electron chi connectivity index (χ1n) is 4.83. The van der Waals surface area contributed by atoms with Gasteiger partial charge in [-0.25, -0.2) is 0 Å². The quantitative estimate of drug-likeness (QED) is 0.680. The van der Waals surface area contributed by atoms with Crippen molar-refractivity contribution >= 4 is 0 Å². The van der Waals surface area contributed by atoms with Crippen LogP contribution in [-0.4, -0.2) is 35.8 Å². The third kappa shape index (κ3) is 1.78. The second-order valence-electron chi connectivity index (χ2n) is 4.22. The number of aliphatic hydroxyl groups is 1. The largest absolute Gasteiger partial charge is 0.489 e. The van der Waals surface area contributed by atoms with E-state index in [-0.39, 0.29) is 12.2 Å². The molecular formula is C10H16O4. The zero-order valence-electron chi connectivity index (χ0n) is 8.69. The maximum Gasteiger partial charge on any atom is 0.163 e. The second kappa shape index (κ2) is 3.22. The summed E-state index contributed by atoms with van der Waals surface area (Å²) in [4.78, 5) is 0. The molecule has 0 saturated carbocycles. The normalized spacial score (nSPS) is 40.9. The van der Waals surface area contributed by atoms with Crippen LogP contribution in [0.3, 0.4) is 0 Å². The van der Waals surface area contributed by atoms with Gasteiger partial charge in [0.1, 0.15) is 12.2 Å². The van der Waals surface area contributed by atoms with Crippen LogP contribution < -0.4 is 0 Å². The Hall–Kier alpha value is -0.580. The number of hydrogen-bond acceptors (Lipinski definition) is 4. The number of ether oxygens (including phenoxy) is 3. The summed E-state index contributed by atoms with van der Waals surface area (Å²) >= 11 is 0. The fourth-order valence-electron chi connectivity index (χ4n) is 1.83. The Bertz CT molecular complexity index is 259. The molecule has 2 heterocycles. The van der Waals surface area contributed by atoms with Gasteiger partial charge in [0, 0.05) is 0 Å². The van der Waals surface area contributed by atoms with E-state index >= 15 is 0 Å². The van der Waals surface area contributed by atoms with Crippen LogP contribution in [0, 0.1) is 0 Å². The minimum Gasteiger partial charge on any atom is -0.489 e. The van der Waals surface area contributed by atoms with Crippen molar-refractivity contribution in [2.45, 2.75) is 44.9 Å². The van der Waals surface area contributed by atoms with Crippen LogP contribution >= 0.6 is 0 Å². The molecule has 4 heteroatoms. The fourth-order valence-corrected chi connectivity index (χ4v) is 1.83. The lowest BCUT2D eigenvalue weighted by Crippen LogP contribution is -2.37. The number of aliphatic hydroxyl groups excluding tert-OH is 1. The lowest BCUT2D eigenvalue weighted by molar-refractivity contribution is -0.156.